The molecule has 1 fully saturated rings. The van der Waals surface area contributed by atoms with Crippen LogP contribution in [-0.4, -0.2) is 49.7 Å². The van der Waals surface area contributed by atoms with Gasteiger partial charge >= 0.3 is 6.18 Å². The minimum Gasteiger partial charge on any atom is -0.376 e. The molecule has 1 saturated heterocycles. The zero-order valence-electron chi connectivity index (χ0n) is 17.1. The lowest BCUT2D eigenvalue weighted by Gasteiger charge is -2.41. The molecular weight excluding hydrogens is 463 g/mol. The molecule has 2 atom stereocenters. The van der Waals surface area contributed by atoms with Crippen molar-refractivity contribution >= 4 is 28.3 Å². The minimum atomic E-state index is -4.83. The second-order valence-electron chi connectivity index (χ2n) is 7.66. The number of hydrogen-bond donors (Lipinski definition) is 2. The van der Waals surface area contributed by atoms with Crippen LogP contribution in [0.15, 0.2) is 58.3 Å². The molecule has 1 unspecified atom stereocenters. The van der Waals surface area contributed by atoms with Crippen molar-refractivity contribution in [3.05, 3.63) is 54.1 Å². The van der Waals surface area contributed by atoms with E-state index in [9.17, 15) is 32.0 Å². The number of aliphatic hydroxyl groups is 1. The lowest BCUT2D eigenvalue weighted by atomic mass is 9.95. The highest BCUT2D eigenvalue weighted by atomic mass is 32.2. The van der Waals surface area contributed by atoms with E-state index in [0.717, 1.165) is 0 Å². The standard InChI is InChI=1S/C21H22F3N3O3S2/c1-20(28,21(22,23)24)15-6-8-16(9-7-15)27-13-12-26(14-17(27)10-11-25)32(29,30)19-5-3-2-4-18(19)31/h2-9,17,28,31H,10,12-14H2,1H3/t17-,20?/m0/s1. The van der Waals surface area contributed by atoms with Gasteiger partial charge in [0.15, 0.2) is 5.60 Å². The molecule has 1 N–H and O–H groups in total. The van der Waals surface area contributed by atoms with Gasteiger partial charge in [-0.2, -0.15) is 22.7 Å². The largest absolute Gasteiger partial charge is 0.421 e. The third-order valence-corrected chi connectivity index (χ3v) is 8.03. The first-order valence-electron chi connectivity index (χ1n) is 9.71. The van der Waals surface area contributed by atoms with Crippen molar-refractivity contribution in [2.24, 2.45) is 0 Å². The Hall–Kier alpha value is -2.26. The molecule has 0 saturated carbocycles. The Morgan fingerprint density at radius 1 is 1.16 bits per heavy atom. The maximum absolute atomic E-state index is 13.1. The number of hydrogen-bond acceptors (Lipinski definition) is 6. The van der Waals surface area contributed by atoms with Gasteiger partial charge in [-0.3, -0.25) is 0 Å². The van der Waals surface area contributed by atoms with Gasteiger partial charge in [0.25, 0.3) is 0 Å². The molecule has 0 aliphatic carbocycles. The fraction of sp³-hybridized carbons (Fsp3) is 0.381. The summed E-state index contributed by atoms with van der Waals surface area (Å²) in [5.41, 5.74) is -2.76. The number of halogens is 3. The van der Waals surface area contributed by atoms with Crippen molar-refractivity contribution in [3.63, 3.8) is 0 Å². The summed E-state index contributed by atoms with van der Waals surface area (Å²) in [7, 11) is -3.83. The van der Waals surface area contributed by atoms with Crippen molar-refractivity contribution in [3.8, 4) is 6.07 Å². The van der Waals surface area contributed by atoms with Gasteiger partial charge in [0, 0.05) is 30.2 Å². The van der Waals surface area contributed by atoms with Crippen molar-refractivity contribution in [1.29, 1.82) is 5.26 Å². The van der Waals surface area contributed by atoms with Crippen LogP contribution in [0.5, 0.6) is 0 Å². The Morgan fingerprint density at radius 2 is 1.78 bits per heavy atom. The number of thiol groups is 1. The van der Waals surface area contributed by atoms with Gasteiger partial charge in [-0.1, -0.05) is 24.3 Å². The van der Waals surface area contributed by atoms with Gasteiger partial charge in [-0.05, 0) is 36.8 Å². The Bertz CT molecular complexity index is 1110. The highest BCUT2D eigenvalue weighted by Gasteiger charge is 2.51. The average Bonchev–Trinajstić information content (AvgIpc) is 2.73. The molecule has 11 heteroatoms. The van der Waals surface area contributed by atoms with E-state index in [1.165, 1.54) is 34.6 Å². The Labute approximate surface area is 190 Å². The van der Waals surface area contributed by atoms with Gasteiger partial charge < -0.3 is 10.0 Å². The molecule has 172 valence electrons. The Morgan fingerprint density at radius 3 is 2.34 bits per heavy atom. The normalized spacial score (nSPS) is 19.9. The van der Waals surface area contributed by atoms with E-state index in [2.05, 4.69) is 12.6 Å². The van der Waals surface area contributed by atoms with Crippen molar-refractivity contribution in [2.45, 2.75) is 41.0 Å². The van der Waals surface area contributed by atoms with E-state index >= 15 is 0 Å². The SMILES string of the molecule is CC(O)(c1ccc(N2CCN(S(=O)(=O)c3ccccc3S)C[C@@H]2CC#N)cc1)C(F)(F)F. The first-order valence-corrected chi connectivity index (χ1v) is 11.6. The van der Waals surface area contributed by atoms with Gasteiger partial charge in [0.2, 0.25) is 10.0 Å². The molecule has 2 aromatic carbocycles. The van der Waals surface area contributed by atoms with Crippen LogP contribution in [0.25, 0.3) is 0 Å². The van der Waals surface area contributed by atoms with E-state index in [0.29, 0.717) is 17.5 Å². The predicted molar refractivity (Wildman–Crippen MR) is 116 cm³/mol. The van der Waals surface area contributed by atoms with E-state index in [4.69, 9.17) is 0 Å². The topological polar surface area (TPSA) is 84.6 Å². The maximum Gasteiger partial charge on any atom is 0.421 e. The second-order valence-corrected chi connectivity index (χ2v) is 10.0. The summed E-state index contributed by atoms with van der Waals surface area (Å²) in [5.74, 6) is 0. The molecule has 32 heavy (non-hydrogen) atoms. The number of piperazine rings is 1. The third kappa shape index (κ3) is 4.59. The van der Waals surface area contributed by atoms with E-state index in [1.807, 2.05) is 6.07 Å². The number of rotatable bonds is 5. The Kier molecular flexibility index (Phi) is 6.81. The second kappa shape index (κ2) is 8.94. The van der Waals surface area contributed by atoms with E-state index in [-0.39, 0.29) is 36.5 Å². The molecule has 0 aromatic heterocycles. The van der Waals surface area contributed by atoms with Crippen LogP contribution in [0.4, 0.5) is 18.9 Å². The van der Waals surface area contributed by atoms with Crippen molar-refractivity contribution in [1.82, 2.24) is 4.31 Å². The number of anilines is 1. The summed E-state index contributed by atoms with van der Waals surface area (Å²) in [6.07, 6.45) is -4.81. The van der Waals surface area contributed by atoms with Crippen LogP contribution in [0.2, 0.25) is 0 Å². The molecule has 1 aliphatic rings. The number of nitriles is 1. The first-order chi connectivity index (χ1) is 14.9. The summed E-state index contributed by atoms with van der Waals surface area (Å²) in [6, 6.07) is 13.1. The fourth-order valence-electron chi connectivity index (χ4n) is 3.62. The number of alkyl halides is 3. The molecule has 2 aromatic rings. The molecule has 0 bridgehead atoms. The summed E-state index contributed by atoms with van der Waals surface area (Å²) in [5, 5.41) is 19.1. The lowest BCUT2D eigenvalue weighted by molar-refractivity contribution is -0.258. The summed E-state index contributed by atoms with van der Waals surface area (Å²) >= 11 is 4.23. The Balaban J connectivity index is 1.85. The molecule has 0 amide bonds. The zero-order valence-corrected chi connectivity index (χ0v) is 18.8. The van der Waals surface area contributed by atoms with Gasteiger partial charge in [-0.25, -0.2) is 8.42 Å². The molecule has 0 radical (unpaired) electrons. The molecule has 1 aliphatic heterocycles. The molecule has 1 heterocycles. The van der Waals surface area contributed by atoms with Gasteiger partial charge in [0.1, 0.15) is 0 Å². The first kappa shape index (κ1) is 24.4. The quantitative estimate of drug-likeness (QED) is 0.633. The smallest absolute Gasteiger partial charge is 0.376 e. The number of nitrogens with zero attached hydrogens (tertiary/aromatic N) is 3. The van der Waals surface area contributed by atoms with Crippen molar-refractivity contribution in [2.75, 3.05) is 24.5 Å². The minimum absolute atomic E-state index is 0.0244. The molecule has 3 rings (SSSR count). The monoisotopic (exact) mass is 485 g/mol. The van der Waals surface area contributed by atoms with Gasteiger partial charge in [0.05, 0.1) is 23.4 Å². The highest BCUT2D eigenvalue weighted by Crippen LogP contribution is 2.39. The maximum atomic E-state index is 13.1. The molecule has 6 nitrogen and oxygen atoms in total. The molecular formula is C21H22F3N3O3S2. The summed E-state index contributed by atoms with van der Waals surface area (Å²) in [4.78, 5) is 2.19. The van der Waals surface area contributed by atoms with Crippen LogP contribution in [0.1, 0.15) is 18.9 Å². The fourth-order valence-corrected chi connectivity index (χ4v) is 5.68. The van der Waals surface area contributed by atoms with Crippen LogP contribution in [-0.2, 0) is 15.6 Å². The van der Waals surface area contributed by atoms with Gasteiger partial charge in [-0.15, -0.1) is 12.6 Å². The number of benzene rings is 2. The van der Waals surface area contributed by atoms with Crippen LogP contribution >= 0.6 is 12.6 Å². The van der Waals surface area contributed by atoms with E-state index in [1.54, 1.807) is 23.1 Å². The summed E-state index contributed by atoms with van der Waals surface area (Å²) in [6.45, 7) is 1.10. The lowest BCUT2D eigenvalue weighted by Crippen LogP contribution is -2.54. The third-order valence-electron chi connectivity index (χ3n) is 5.57. The highest BCUT2D eigenvalue weighted by molar-refractivity contribution is 7.90. The zero-order chi connectivity index (χ0) is 23.7. The molecule has 0 spiro atoms. The van der Waals surface area contributed by atoms with Crippen LogP contribution < -0.4 is 4.90 Å². The predicted octanol–water partition coefficient (Wildman–Crippen LogP) is 3.54. The van der Waals surface area contributed by atoms with Crippen LogP contribution in [0.3, 0.4) is 0 Å². The van der Waals surface area contributed by atoms with Crippen molar-refractivity contribution < 1.29 is 26.7 Å². The van der Waals surface area contributed by atoms with E-state index < -0.39 is 27.8 Å². The van der Waals surface area contributed by atoms with Crippen LogP contribution in [0, 0.1) is 11.3 Å². The number of sulfonamides is 1. The summed E-state index contributed by atoms with van der Waals surface area (Å²) < 4.78 is 66.8. The average molecular weight is 486 g/mol.